The Morgan fingerprint density at radius 3 is 2.64 bits per heavy atom. The lowest BCUT2D eigenvalue weighted by Gasteiger charge is -2.17. The quantitative estimate of drug-likeness (QED) is 0.688. The molecule has 0 amide bonds. The molecule has 0 saturated heterocycles. The largest absolute Gasteiger partial charge is 0.496 e. The average Bonchev–Trinajstić information content (AvgIpc) is 2.26. The van der Waals surface area contributed by atoms with Crippen molar-refractivity contribution in [1.29, 1.82) is 0 Å². The molecule has 0 radical (unpaired) electrons. The molecule has 0 aromatic heterocycles. The van der Waals surface area contributed by atoms with Gasteiger partial charge in [0.25, 0.3) is 0 Å². The fourth-order valence-electron chi connectivity index (χ4n) is 1.30. The first-order valence-electron chi connectivity index (χ1n) is 4.35. The van der Waals surface area contributed by atoms with Gasteiger partial charge in [-0.3, -0.25) is 0 Å². The molecule has 4 heteroatoms. The fourth-order valence-corrected chi connectivity index (χ4v) is 1.30. The maximum atomic E-state index is 9.13. The number of para-hydroxylation sites is 1. The number of benzene rings is 1. The van der Waals surface area contributed by atoms with E-state index in [0.717, 1.165) is 11.3 Å². The first-order chi connectivity index (χ1) is 6.83. The van der Waals surface area contributed by atoms with Crippen molar-refractivity contribution in [3.63, 3.8) is 0 Å². The first-order valence-corrected chi connectivity index (χ1v) is 4.35. The number of aliphatic hydroxyl groups is 1. The van der Waals surface area contributed by atoms with E-state index in [2.05, 4.69) is 5.48 Å². The van der Waals surface area contributed by atoms with Crippen molar-refractivity contribution in [3.8, 4) is 5.75 Å². The van der Waals surface area contributed by atoms with E-state index >= 15 is 0 Å². The monoisotopic (exact) mass is 197 g/mol. The van der Waals surface area contributed by atoms with Gasteiger partial charge in [-0.25, -0.2) is 0 Å². The van der Waals surface area contributed by atoms with Gasteiger partial charge in [0.15, 0.2) is 0 Å². The highest BCUT2D eigenvalue weighted by atomic mass is 16.6. The molecule has 0 aliphatic heterocycles. The van der Waals surface area contributed by atoms with Gasteiger partial charge in [-0.15, -0.1) is 0 Å². The van der Waals surface area contributed by atoms with Gasteiger partial charge in [0.2, 0.25) is 0 Å². The zero-order valence-corrected chi connectivity index (χ0v) is 8.36. The Balaban J connectivity index is 2.90. The maximum absolute atomic E-state index is 9.13. The summed E-state index contributed by atoms with van der Waals surface area (Å²) < 4.78 is 5.17. The lowest BCUT2D eigenvalue weighted by atomic mass is 10.1. The molecule has 1 atom stereocenters. The average molecular weight is 197 g/mol. The zero-order valence-electron chi connectivity index (χ0n) is 8.36. The van der Waals surface area contributed by atoms with Crippen molar-refractivity contribution in [2.45, 2.75) is 6.04 Å². The van der Waals surface area contributed by atoms with Gasteiger partial charge in [0.1, 0.15) is 5.75 Å². The fraction of sp³-hybridized carbons (Fsp3) is 0.400. The summed E-state index contributed by atoms with van der Waals surface area (Å²) in [5.74, 6) is 0.733. The molecule has 1 rings (SSSR count). The van der Waals surface area contributed by atoms with Crippen molar-refractivity contribution < 1.29 is 14.7 Å². The molecule has 1 unspecified atom stereocenters. The van der Waals surface area contributed by atoms with Gasteiger partial charge in [-0.2, -0.15) is 5.48 Å². The SMILES string of the molecule is CONC(CO)c1ccccc1OC. The molecule has 1 aromatic carbocycles. The van der Waals surface area contributed by atoms with E-state index in [1.54, 1.807) is 7.11 Å². The Bertz CT molecular complexity index is 278. The van der Waals surface area contributed by atoms with Crippen molar-refractivity contribution in [3.05, 3.63) is 29.8 Å². The van der Waals surface area contributed by atoms with Gasteiger partial charge in [0, 0.05) is 5.56 Å². The Morgan fingerprint density at radius 1 is 1.36 bits per heavy atom. The predicted molar refractivity (Wildman–Crippen MR) is 53.0 cm³/mol. The zero-order chi connectivity index (χ0) is 10.4. The number of rotatable bonds is 5. The number of hydroxylamine groups is 1. The van der Waals surface area contributed by atoms with Gasteiger partial charge in [-0.05, 0) is 6.07 Å². The maximum Gasteiger partial charge on any atom is 0.123 e. The summed E-state index contributed by atoms with van der Waals surface area (Å²) in [6, 6.07) is 7.22. The van der Waals surface area contributed by atoms with Crippen molar-refractivity contribution in [2.24, 2.45) is 0 Å². The van der Waals surface area contributed by atoms with Crippen LogP contribution in [0, 0.1) is 0 Å². The molecule has 4 nitrogen and oxygen atoms in total. The van der Waals surface area contributed by atoms with Crippen LogP contribution >= 0.6 is 0 Å². The van der Waals surface area contributed by atoms with E-state index in [9.17, 15) is 0 Å². The van der Waals surface area contributed by atoms with Gasteiger partial charge in [-0.1, -0.05) is 18.2 Å². The number of hydrogen-bond donors (Lipinski definition) is 2. The minimum atomic E-state index is -0.267. The third-order valence-corrected chi connectivity index (χ3v) is 1.96. The molecule has 0 bridgehead atoms. The van der Waals surface area contributed by atoms with E-state index in [0.29, 0.717) is 0 Å². The van der Waals surface area contributed by atoms with Gasteiger partial charge < -0.3 is 14.7 Å². The lowest BCUT2D eigenvalue weighted by Crippen LogP contribution is -2.23. The third kappa shape index (κ3) is 2.45. The van der Waals surface area contributed by atoms with Crippen LogP contribution in [0.2, 0.25) is 0 Å². The minimum Gasteiger partial charge on any atom is -0.496 e. The smallest absolute Gasteiger partial charge is 0.123 e. The molecule has 0 spiro atoms. The highest BCUT2D eigenvalue weighted by Gasteiger charge is 2.13. The van der Waals surface area contributed by atoms with Gasteiger partial charge in [0.05, 0.1) is 26.9 Å². The molecule has 0 aliphatic carbocycles. The van der Waals surface area contributed by atoms with Crippen LogP contribution in [0.1, 0.15) is 11.6 Å². The molecule has 0 heterocycles. The summed E-state index contributed by atoms with van der Waals surface area (Å²) in [5.41, 5.74) is 3.57. The van der Waals surface area contributed by atoms with E-state index in [4.69, 9.17) is 14.7 Å². The van der Waals surface area contributed by atoms with E-state index in [-0.39, 0.29) is 12.6 Å². The summed E-state index contributed by atoms with van der Waals surface area (Å²) in [5, 5.41) is 9.13. The van der Waals surface area contributed by atoms with Crippen molar-refractivity contribution in [2.75, 3.05) is 20.8 Å². The highest BCUT2D eigenvalue weighted by molar-refractivity contribution is 5.35. The first kappa shape index (κ1) is 11.0. The molecule has 14 heavy (non-hydrogen) atoms. The van der Waals surface area contributed by atoms with Crippen LogP contribution in [0.3, 0.4) is 0 Å². The molecule has 1 aromatic rings. The van der Waals surface area contributed by atoms with Crippen LogP contribution in [-0.2, 0) is 4.84 Å². The van der Waals surface area contributed by atoms with Crippen LogP contribution in [0.25, 0.3) is 0 Å². The number of nitrogens with one attached hydrogen (secondary N) is 1. The highest BCUT2D eigenvalue weighted by Crippen LogP contribution is 2.24. The summed E-state index contributed by atoms with van der Waals surface area (Å²) >= 11 is 0. The van der Waals surface area contributed by atoms with E-state index in [1.165, 1.54) is 7.11 Å². The second kappa shape index (κ2) is 5.59. The molecule has 2 N–H and O–H groups in total. The second-order valence-corrected chi connectivity index (χ2v) is 2.80. The van der Waals surface area contributed by atoms with Crippen LogP contribution < -0.4 is 10.2 Å². The minimum absolute atomic E-state index is 0.0474. The summed E-state index contributed by atoms with van der Waals surface area (Å²) in [4.78, 5) is 4.78. The molecule has 78 valence electrons. The number of aliphatic hydroxyl groups excluding tert-OH is 1. The molecule has 0 saturated carbocycles. The van der Waals surface area contributed by atoms with Crippen LogP contribution in [-0.4, -0.2) is 25.9 Å². The normalized spacial score (nSPS) is 12.5. The molecule has 0 fully saturated rings. The van der Waals surface area contributed by atoms with Crippen LogP contribution in [0.15, 0.2) is 24.3 Å². The Hall–Kier alpha value is -1.10. The summed E-state index contributed by atoms with van der Waals surface area (Å²) in [6.45, 7) is -0.0474. The van der Waals surface area contributed by atoms with Crippen molar-refractivity contribution >= 4 is 0 Å². The number of ether oxygens (including phenoxy) is 1. The molecular formula is C10H15NO3. The van der Waals surface area contributed by atoms with Crippen molar-refractivity contribution in [1.82, 2.24) is 5.48 Å². The van der Waals surface area contributed by atoms with E-state index < -0.39 is 0 Å². The Kier molecular flexibility index (Phi) is 4.39. The third-order valence-electron chi connectivity index (χ3n) is 1.96. The van der Waals surface area contributed by atoms with Crippen LogP contribution in [0.4, 0.5) is 0 Å². The molecule has 0 aliphatic rings. The number of hydrogen-bond acceptors (Lipinski definition) is 4. The second-order valence-electron chi connectivity index (χ2n) is 2.80. The summed E-state index contributed by atoms with van der Waals surface area (Å²) in [6.07, 6.45) is 0. The molecular weight excluding hydrogens is 182 g/mol. The predicted octanol–water partition coefficient (Wildman–Crippen LogP) is 0.880. The van der Waals surface area contributed by atoms with Crippen LogP contribution in [0.5, 0.6) is 5.75 Å². The topological polar surface area (TPSA) is 50.7 Å². The number of methoxy groups -OCH3 is 1. The summed E-state index contributed by atoms with van der Waals surface area (Å²) in [7, 11) is 3.11. The Labute approximate surface area is 83.4 Å². The Morgan fingerprint density at radius 2 is 2.07 bits per heavy atom. The van der Waals surface area contributed by atoms with Gasteiger partial charge >= 0.3 is 0 Å². The lowest BCUT2D eigenvalue weighted by molar-refractivity contribution is 0.0389. The van der Waals surface area contributed by atoms with E-state index in [1.807, 2.05) is 24.3 Å². The standard InChI is InChI=1S/C10H15NO3/c1-13-10-6-4-3-5-8(10)9(7-12)11-14-2/h3-6,9,11-12H,7H2,1-2H3.